The topological polar surface area (TPSA) is 70.6 Å². The number of imidazole rings is 1. The van der Waals surface area contributed by atoms with Crippen LogP contribution in [0.3, 0.4) is 0 Å². The largest absolute Gasteiger partial charge is 0.357 e. The molecule has 1 N–H and O–H groups in total. The van der Waals surface area contributed by atoms with Crippen molar-refractivity contribution < 1.29 is 4.39 Å². The fourth-order valence-corrected chi connectivity index (χ4v) is 3.20. The first-order chi connectivity index (χ1) is 12.3. The molecule has 1 aliphatic rings. The molecule has 3 aromatic rings. The summed E-state index contributed by atoms with van der Waals surface area (Å²) in [7, 11) is 0. The van der Waals surface area contributed by atoms with Gasteiger partial charge in [0.1, 0.15) is 17.3 Å². The van der Waals surface area contributed by atoms with Crippen LogP contribution < -0.4 is 4.90 Å². The van der Waals surface area contributed by atoms with Gasteiger partial charge in [-0.1, -0.05) is 0 Å². The third-order valence-corrected chi connectivity index (χ3v) is 4.59. The van der Waals surface area contributed by atoms with Crippen LogP contribution in [0.15, 0.2) is 43.1 Å². The lowest BCUT2D eigenvalue weighted by atomic mass is 9.92. The molecule has 0 radical (unpaired) electrons. The van der Waals surface area contributed by atoms with Crippen molar-refractivity contribution in [2.24, 2.45) is 5.92 Å². The van der Waals surface area contributed by atoms with Gasteiger partial charge in [-0.05, 0) is 37.3 Å². The van der Waals surface area contributed by atoms with Crippen LogP contribution in [-0.4, -0.2) is 38.0 Å². The number of H-pyrrole nitrogens is 1. The molecule has 1 saturated heterocycles. The van der Waals surface area contributed by atoms with Gasteiger partial charge in [0, 0.05) is 31.7 Å². The second kappa shape index (κ2) is 6.96. The van der Waals surface area contributed by atoms with Gasteiger partial charge < -0.3 is 9.88 Å². The molecule has 0 spiro atoms. The number of piperidine rings is 1. The van der Waals surface area contributed by atoms with Gasteiger partial charge in [0.2, 0.25) is 0 Å². The molecule has 0 aliphatic carbocycles. The molecule has 3 aromatic heterocycles. The smallest absolute Gasteiger partial charge is 0.157 e. The van der Waals surface area contributed by atoms with Crippen molar-refractivity contribution in [1.82, 2.24) is 24.9 Å². The summed E-state index contributed by atoms with van der Waals surface area (Å²) in [5, 5.41) is 0. The number of hydrogen-bond acceptors (Lipinski definition) is 5. The molecule has 0 amide bonds. The average Bonchev–Trinajstić information content (AvgIpc) is 3.19. The van der Waals surface area contributed by atoms with E-state index < -0.39 is 0 Å². The minimum Gasteiger partial charge on any atom is -0.357 e. The monoisotopic (exact) mass is 338 g/mol. The van der Waals surface area contributed by atoms with Crippen molar-refractivity contribution in [2.45, 2.75) is 19.3 Å². The summed E-state index contributed by atoms with van der Waals surface area (Å²) in [5.41, 5.74) is 1.76. The van der Waals surface area contributed by atoms with Crippen LogP contribution in [0, 0.1) is 11.7 Å². The van der Waals surface area contributed by atoms with Crippen LogP contribution in [-0.2, 0) is 6.42 Å². The number of pyridine rings is 1. The fourth-order valence-electron chi connectivity index (χ4n) is 3.20. The van der Waals surface area contributed by atoms with Crippen LogP contribution in [0.1, 0.15) is 18.5 Å². The standard InChI is InChI=1S/C18H19FN6/c19-14-1-2-17(24-10-14)25-7-3-13(4-8-25)9-15-11-23-16(12-22-15)18-20-5-6-21-18/h1-2,5-6,10-13H,3-4,7-9H2,(H,20,21). The average molecular weight is 338 g/mol. The predicted molar refractivity (Wildman–Crippen MR) is 92.4 cm³/mol. The van der Waals surface area contributed by atoms with Gasteiger partial charge in [-0.25, -0.2) is 19.3 Å². The van der Waals surface area contributed by atoms with Gasteiger partial charge in [-0.2, -0.15) is 0 Å². The highest BCUT2D eigenvalue weighted by Gasteiger charge is 2.21. The summed E-state index contributed by atoms with van der Waals surface area (Å²) < 4.78 is 13.0. The van der Waals surface area contributed by atoms with Crippen molar-refractivity contribution in [3.63, 3.8) is 0 Å². The molecule has 25 heavy (non-hydrogen) atoms. The minimum absolute atomic E-state index is 0.296. The second-order valence-corrected chi connectivity index (χ2v) is 6.30. The van der Waals surface area contributed by atoms with Crippen molar-refractivity contribution in [2.75, 3.05) is 18.0 Å². The number of aromatic nitrogens is 5. The first kappa shape index (κ1) is 15.7. The third kappa shape index (κ3) is 3.65. The van der Waals surface area contributed by atoms with E-state index >= 15 is 0 Å². The number of rotatable bonds is 4. The summed E-state index contributed by atoms with van der Waals surface area (Å²) in [5.74, 6) is 1.87. The molecule has 0 atom stereocenters. The Morgan fingerprint density at radius 1 is 1.04 bits per heavy atom. The van der Waals surface area contributed by atoms with Crippen LogP contribution >= 0.6 is 0 Å². The maximum absolute atomic E-state index is 13.0. The lowest BCUT2D eigenvalue weighted by molar-refractivity contribution is 0.398. The molecule has 1 aliphatic heterocycles. The Hall–Kier alpha value is -2.83. The van der Waals surface area contributed by atoms with Gasteiger partial charge in [-0.15, -0.1) is 0 Å². The highest BCUT2D eigenvalue weighted by molar-refractivity contribution is 5.46. The van der Waals surface area contributed by atoms with Crippen molar-refractivity contribution in [3.8, 4) is 11.5 Å². The molecular formula is C18H19FN6. The van der Waals surface area contributed by atoms with Gasteiger partial charge in [-0.3, -0.25) is 4.98 Å². The molecule has 1 fully saturated rings. The molecule has 0 aromatic carbocycles. The van der Waals surface area contributed by atoms with Crippen molar-refractivity contribution in [3.05, 3.63) is 54.6 Å². The lowest BCUT2D eigenvalue weighted by Gasteiger charge is -2.32. The summed E-state index contributed by atoms with van der Waals surface area (Å²) in [6, 6.07) is 3.21. The number of halogens is 1. The quantitative estimate of drug-likeness (QED) is 0.792. The summed E-state index contributed by atoms with van der Waals surface area (Å²) in [4.78, 5) is 22.6. The predicted octanol–water partition coefficient (Wildman–Crippen LogP) is 2.86. The zero-order chi connectivity index (χ0) is 17.1. The van der Waals surface area contributed by atoms with Crippen LogP contribution in [0.5, 0.6) is 0 Å². The number of aromatic amines is 1. The Labute approximate surface area is 145 Å². The van der Waals surface area contributed by atoms with Crippen molar-refractivity contribution >= 4 is 5.82 Å². The third-order valence-electron chi connectivity index (χ3n) is 4.59. The van der Waals surface area contributed by atoms with Crippen molar-refractivity contribution in [1.29, 1.82) is 0 Å². The Bertz CT molecular complexity index is 793. The van der Waals surface area contributed by atoms with Gasteiger partial charge in [0.05, 0.1) is 18.1 Å². The molecule has 4 rings (SSSR count). The van der Waals surface area contributed by atoms with E-state index in [-0.39, 0.29) is 5.82 Å². The number of nitrogens with one attached hydrogen (secondary N) is 1. The molecule has 128 valence electrons. The second-order valence-electron chi connectivity index (χ2n) is 6.30. The fraction of sp³-hybridized carbons (Fsp3) is 0.333. The first-order valence-corrected chi connectivity index (χ1v) is 8.45. The maximum Gasteiger partial charge on any atom is 0.157 e. The molecule has 6 nitrogen and oxygen atoms in total. The number of hydrogen-bond donors (Lipinski definition) is 1. The first-order valence-electron chi connectivity index (χ1n) is 8.45. The van der Waals surface area contributed by atoms with E-state index in [0.29, 0.717) is 5.92 Å². The Morgan fingerprint density at radius 3 is 2.56 bits per heavy atom. The van der Waals surface area contributed by atoms with E-state index in [4.69, 9.17) is 0 Å². The maximum atomic E-state index is 13.0. The molecular weight excluding hydrogens is 319 g/mol. The van der Waals surface area contributed by atoms with E-state index in [0.717, 1.165) is 55.4 Å². The zero-order valence-electron chi connectivity index (χ0n) is 13.8. The van der Waals surface area contributed by atoms with Gasteiger partial charge in [0.15, 0.2) is 5.82 Å². The Kier molecular flexibility index (Phi) is 4.37. The molecule has 7 heteroatoms. The van der Waals surface area contributed by atoms with E-state index in [2.05, 4.69) is 29.8 Å². The summed E-state index contributed by atoms with van der Waals surface area (Å²) in [6.07, 6.45) is 11.4. The number of nitrogens with zero attached hydrogens (tertiary/aromatic N) is 5. The summed E-state index contributed by atoms with van der Waals surface area (Å²) >= 11 is 0. The lowest BCUT2D eigenvalue weighted by Crippen LogP contribution is -2.34. The summed E-state index contributed by atoms with van der Waals surface area (Å²) in [6.45, 7) is 1.86. The van der Waals surface area contributed by atoms with Crippen LogP contribution in [0.25, 0.3) is 11.5 Å². The zero-order valence-corrected chi connectivity index (χ0v) is 13.8. The Balaban J connectivity index is 1.33. The highest BCUT2D eigenvalue weighted by Crippen LogP contribution is 2.24. The van der Waals surface area contributed by atoms with E-state index in [1.54, 1.807) is 24.7 Å². The minimum atomic E-state index is -0.296. The van der Waals surface area contributed by atoms with E-state index in [1.807, 2.05) is 6.20 Å². The molecule has 0 bridgehead atoms. The normalized spacial score (nSPS) is 15.5. The Morgan fingerprint density at radius 2 is 1.92 bits per heavy atom. The van der Waals surface area contributed by atoms with Crippen LogP contribution in [0.2, 0.25) is 0 Å². The highest BCUT2D eigenvalue weighted by atomic mass is 19.1. The van der Waals surface area contributed by atoms with E-state index in [9.17, 15) is 4.39 Å². The molecule has 0 saturated carbocycles. The SMILES string of the molecule is Fc1ccc(N2CCC(Cc3cnc(-c4ncc[nH]4)cn3)CC2)nc1. The van der Waals surface area contributed by atoms with E-state index in [1.165, 1.54) is 12.3 Å². The number of anilines is 1. The van der Waals surface area contributed by atoms with Gasteiger partial charge >= 0.3 is 0 Å². The molecule has 0 unspecified atom stereocenters. The van der Waals surface area contributed by atoms with Crippen LogP contribution in [0.4, 0.5) is 10.2 Å². The molecule has 4 heterocycles. The van der Waals surface area contributed by atoms with Gasteiger partial charge in [0.25, 0.3) is 0 Å².